The Morgan fingerprint density at radius 3 is 2.88 bits per heavy atom. The Morgan fingerprint density at radius 2 is 2.15 bits per heavy atom. The predicted molar refractivity (Wildman–Crippen MR) is 125 cm³/mol. The van der Waals surface area contributed by atoms with E-state index in [-0.39, 0.29) is 36.2 Å². The zero-order valence-electron chi connectivity index (χ0n) is 19.4. The van der Waals surface area contributed by atoms with Crippen molar-refractivity contribution in [1.29, 1.82) is 0 Å². The number of aromatic amines is 1. The molecule has 9 heteroatoms. The van der Waals surface area contributed by atoms with E-state index < -0.39 is 12.1 Å². The fourth-order valence-electron chi connectivity index (χ4n) is 6.10. The number of rotatable bonds is 7. The smallest absolute Gasteiger partial charge is 0.271 e. The second kappa shape index (κ2) is 9.29. The van der Waals surface area contributed by atoms with E-state index in [0.717, 1.165) is 30.2 Å². The molecule has 2 aromatic rings. The number of benzene rings is 1. The number of ether oxygens (including phenoxy) is 1. The van der Waals surface area contributed by atoms with Crippen LogP contribution < -0.4 is 15.4 Å². The van der Waals surface area contributed by atoms with Crippen molar-refractivity contribution >= 4 is 28.6 Å². The van der Waals surface area contributed by atoms with Gasteiger partial charge in [-0.1, -0.05) is 12.5 Å². The van der Waals surface area contributed by atoms with Gasteiger partial charge in [0, 0.05) is 29.9 Å². The molecule has 4 N–H and O–H groups in total. The number of hydrogen-bond donors (Lipinski definition) is 4. The van der Waals surface area contributed by atoms with E-state index in [9.17, 15) is 19.5 Å². The summed E-state index contributed by atoms with van der Waals surface area (Å²) in [4.78, 5) is 43.9. The summed E-state index contributed by atoms with van der Waals surface area (Å²) in [6.07, 6.45) is 4.06. The molecule has 1 aliphatic carbocycles. The lowest BCUT2D eigenvalue weighted by Crippen LogP contribution is -2.52. The lowest BCUT2D eigenvalue weighted by atomic mass is 9.92. The van der Waals surface area contributed by atoms with Gasteiger partial charge >= 0.3 is 0 Å². The SMILES string of the molecule is COc1cccc2[nH]c(C(=O)N3CC4CCCC4C3C(=O)N[C@H](CO)C[C@@H]3CCNC3=O)cc12. The monoisotopic (exact) mass is 468 g/mol. The van der Waals surface area contributed by atoms with Crippen molar-refractivity contribution in [1.82, 2.24) is 20.5 Å². The summed E-state index contributed by atoms with van der Waals surface area (Å²) in [5.41, 5.74) is 1.23. The second-order valence-corrected chi connectivity index (χ2v) is 9.76. The molecule has 2 aliphatic heterocycles. The van der Waals surface area contributed by atoms with Gasteiger partial charge in [0.2, 0.25) is 11.8 Å². The molecule has 3 amide bonds. The van der Waals surface area contributed by atoms with Gasteiger partial charge in [-0.2, -0.15) is 0 Å². The molecule has 0 spiro atoms. The van der Waals surface area contributed by atoms with Crippen LogP contribution in [0.5, 0.6) is 5.75 Å². The standard InChI is InChI=1S/C25H32N4O5/c1-34-21-7-3-6-19-18(21)11-20(28-19)25(33)29-12-15-4-2-5-17(15)22(29)24(32)27-16(13-30)10-14-8-9-26-23(14)31/h3,6-7,11,14-17,22,28,30H,2,4-5,8-10,12-13H2,1H3,(H,26,31)(H,27,32)/t14-,15?,16-,17?,22?/m0/s1. The third kappa shape index (κ3) is 4.02. The van der Waals surface area contributed by atoms with Crippen LogP contribution in [0.2, 0.25) is 0 Å². The highest BCUT2D eigenvalue weighted by Gasteiger charge is 2.50. The van der Waals surface area contributed by atoms with Crippen LogP contribution in [0.4, 0.5) is 0 Å². The minimum Gasteiger partial charge on any atom is -0.496 e. The number of fused-ring (bicyclic) bond motifs is 2. The van der Waals surface area contributed by atoms with Gasteiger partial charge in [-0.15, -0.1) is 0 Å². The highest BCUT2D eigenvalue weighted by molar-refractivity contribution is 6.02. The summed E-state index contributed by atoms with van der Waals surface area (Å²) in [6, 6.07) is 6.29. The maximum atomic E-state index is 13.6. The van der Waals surface area contributed by atoms with Crippen LogP contribution in [0, 0.1) is 17.8 Å². The van der Waals surface area contributed by atoms with E-state index in [1.165, 1.54) is 0 Å². The second-order valence-electron chi connectivity index (χ2n) is 9.76. The molecule has 2 saturated heterocycles. The quantitative estimate of drug-likeness (QED) is 0.489. The van der Waals surface area contributed by atoms with E-state index in [0.29, 0.717) is 43.3 Å². The molecule has 0 bridgehead atoms. The van der Waals surface area contributed by atoms with Crippen LogP contribution >= 0.6 is 0 Å². The number of likely N-dealkylation sites (tertiary alicyclic amines) is 1. The van der Waals surface area contributed by atoms with Crippen LogP contribution in [0.25, 0.3) is 10.9 Å². The van der Waals surface area contributed by atoms with E-state index in [1.54, 1.807) is 18.1 Å². The number of nitrogens with one attached hydrogen (secondary N) is 3. The zero-order chi connectivity index (χ0) is 23.8. The molecule has 182 valence electrons. The van der Waals surface area contributed by atoms with Gasteiger partial charge in [0.05, 0.1) is 19.8 Å². The molecule has 34 heavy (non-hydrogen) atoms. The highest BCUT2D eigenvalue weighted by Crippen LogP contribution is 2.43. The third-order valence-corrected chi connectivity index (χ3v) is 7.79. The van der Waals surface area contributed by atoms with Gasteiger partial charge in [-0.05, 0) is 55.7 Å². The summed E-state index contributed by atoms with van der Waals surface area (Å²) in [7, 11) is 1.60. The van der Waals surface area contributed by atoms with Crippen LogP contribution in [0.3, 0.4) is 0 Å². The number of H-pyrrole nitrogens is 1. The summed E-state index contributed by atoms with van der Waals surface area (Å²) < 4.78 is 5.42. The molecule has 1 aromatic carbocycles. The van der Waals surface area contributed by atoms with Gasteiger partial charge in [0.1, 0.15) is 17.5 Å². The van der Waals surface area contributed by atoms with Crippen LogP contribution in [-0.4, -0.2) is 71.6 Å². The molecule has 3 aliphatic rings. The molecule has 1 aromatic heterocycles. The highest BCUT2D eigenvalue weighted by atomic mass is 16.5. The lowest BCUT2D eigenvalue weighted by molar-refractivity contribution is -0.128. The van der Waals surface area contributed by atoms with Crippen molar-refractivity contribution in [3.8, 4) is 5.75 Å². The average Bonchev–Trinajstić information content (AvgIpc) is 3.61. The summed E-state index contributed by atoms with van der Waals surface area (Å²) in [5.74, 6) is 0.401. The lowest BCUT2D eigenvalue weighted by Gasteiger charge is -2.29. The number of aliphatic hydroxyl groups is 1. The van der Waals surface area contributed by atoms with Gasteiger partial charge in [0.15, 0.2) is 0 Å². The van der Waals surface area contributed by atoms with Crippen molar-refractivity contribution in [2.75, 3.05) is 26.8 Å². The van der Waals surface area contributed by atoms with Crippen molar-refractivity contribution in [3.63, 3.8) is 0 Å². The first-order valence-corrected chi connectivity index (χ1v) is 12.2. The van der Waals surface area contributed by atoms with Gasteiger partial charge in [0.25, 0.3) is 5.91 Å². The first-order chi connectivity index (χ1) is 16.5. The van der Waals surface area contributed by atoms with Crippen LogP contribution in [0.15, 0.2) is 24.3 Å². The Kier molecular flexibility index (Phi) is 6.20. The summed E-state index contributed by atoms with van der Waals surface area (Å²) in [6.45, 7) is 0.925. The molecule has 0 radical (unpaired) electrons. The predicted octanol–water partition coefficient (Wildman–Crippen LogP) is 1.42. The first-order valence-electron chi connectivity index (χ1n) is 12.2. The van der Waals surface area contributed by atoms with Gasteiger partial charge in [-0.3, -0.25) is 14.4 Å². The molecule has 5 atom stereocenters. The molecule has 5 rings (SSSR count). The van der Waals surface area contributed by atoms with E-state index in [4.69, 9.17) is 4.74 Å². The topological polar surface area (TPSA) is 124 Å². The zero-order valence-corrected chi connectivity index (χ0v) is 19.4. The number of amides is 3. The Hall–Kier alpha value is -3.07. The number of methoxy groups -OCH3 is 1. The van der Waals surface area contributed by atoms with Crippen molar-refractivity contribution in [2.45, 2.75) is 44.2 Å². The molecule has 9 nitrogen and oxygen atoms in total. The number of aromatic nitrogens is 1. The molecular weight excluding hydrogens is 436 g/mol. The first kappa shape index (κ1) is 22.7. The number of carbonyl (C=O) groups excluding carboxylic acids is 3. The number of carbonyl (C=O) groups is 3. The van der Waals surface area contributed by atoms with Crippen LogP contribution in [-0.2, 0) is 9.59 Å². The Balaban J connectivity index is 1.36. The molecule has 3 fully saturated rings. The van der Waals surface area contributed by atoms with E-state index >= 15 is 0 Å². The summed E-state index contributed by atoms with van der Waals surface area (Å²) in [5, 5.41) is 16.5. The minimum absolute atomic E-state index is 0.0320. The van der Waals surface area contributed by atoms with Crippen molar-refractivity contribution in [2.24, 2.45) is 17.8 Å². The van der Waals surface area contributed by atoms with E-state index in [2.05, 4.69) is 15.6 Å². The minimum atomic E-state index is -0.584. The van der Waals surface area contributed by atoms with Crippen molar-refractivity contribution in [3.05, 3.63) is 30.0 Å². The maximum absolute atomic E-state index is 13.6. The third-order valence-electron chi connectivity index (χ3n) is 7.79. The van der Waals surface area contributed by atoms with E-state index in [1.807, 2.05) is 18.2 Å². The van der Waals surface area contributed by atoms with Crippen molar-refractivity contribution < 1.29 is 24.2 Å². The Bertz CT molecular complexity index is 1100. The fourth-order valence-corrected chi connectivity index (χ4v) is 6.10. The molecule has 3 heterocycles. The average molecular weight is 469 g/mol. The Morgan fingerprint density at radius 1 is 1.29 bits per heavy atom. The summed E-state index contributed by atoms with van der Waals surface area (Å²) >= 11 is 0. The number of nitrogens with zero attached hydrogens (tertiary/aromatic N) is 1. The largest absolute Gasteiger partial charge is 0.496 e. The normalized spacial score (nSPS) is 27.0. The molecular formula is C25H32N4O5. The van der Waals surface area contributed by atoms with Gasteiger partial charge < -0.3 is 30.4 Å². The number of aliphatic hydroxyl groups excluding tert-OH is 1. The fraction of sp³-hybridized carbons (Fsp3) is 0.560. The maximum Gasteiger partial charge on any atom is 0.271 e. The molecule has 1 saturated carbocycles. The van der Waals surface area contributed by atoms with Gasteiger partial charge in [-0.25, -0.2) is 0 Å². The van der Waals surface area contributed by atoms with Crippen LogP contribution in [0.1, 0.15) is 42.6 Å². The number of hydrogen-bond acceptors (Lipinski definition) is 5. The molecule has 3 unspecified atom stereocenters. The Labute approximate surface area is 198 Å².